The molecule has 130 valence electrons. The number of aromatic hydroxyl groups is 2. The molecule has 0 aromatic carbocycles. The monoisotopic (exact) mass is 368 g/mol. The van der Waals surface area contributed by atoms with E-state index in [0.717, 1.165) is 11.4 Å². The Balaban J connectivity index is 1.94. The number of aromatic nitrogens is 2. The van der Waals surface area contributed by atoms with Crippen LogP contribution in [0.15, 0.2) is 12.1 Å². The lowest BCUT2D eigenvalue weighted by molar-refractivity contribution is 0.274. The molecular weight excluding hydrogens is 348 g/mol. The molecule has 2 rings (SSSR count). The second-order valence-electron chi connectivity index (χ2n) is 5.25. The molecule has 4 N–H and O–H groups in total. The first-order valence-corrected chi connectivity index (χ1v) is 9.78. The van der Waals surface area contributed by atoms with Crippen molar-refractivity contribution >= 4 is 21.6 Å². The van der Waals surface area contributed by atoms with Crippen molar-refractivity contribution in [3.8, 4) is 11.5 Å². The highest BCUT2D eigenvalue weighted by Gasteiger charge is 2.10. The second-order valence-corrected chi connectivity index (χ2v) is 7.72. The number of rotatable bonds is 7. The number of aryl methyl sites for hydroxylation is 2. The van der Waals surface area contributed by atoms with Crippen LogP contribution in [-0.2, 0) is 24.7 Å². The van der Waals surface area contributed by atoms with Crippen molar-refractivity contribution in [3.05, 3.63) is 46.0 Å². The Morgan fingerprint density at radius 1 is 0.792 bits per heavy atom. The molecule has 2 aromatic rings. The lowest BCUT2D eigenvalue weighted by Gasteiger charge is -2.09. The second kappa shape index (κ2) is 8.57. The number of aliphatic hydroxyl groups is 2. The molecule has 0 spiro atoms. The van der Waals surface area contributed by atoms with E-state index in [9.17, 15) is 20.4 Å². The van der Waals surface area contributed by atoms with Crippen molar-refractivity contribution in [1.82, 2.24) is 9.97 Å². The SMILES string of the molecule is Cc1nc(CSSCc2cc(CO)c(O)c(C)n2)cc(CO)c1O. The lowest BCUT2D eigenvalue weighted by Crippen LogP contribution is -1.97. The minimum absolute atomic E-state index is 0.0409. The Morgan fingerprint density at radius 3 is 1.50 bits per heavy atom. The van der Waals surface area contributed by atoms with Gasteiger partial charge in [-0.2, -0.15) is 0 Å². The lowest BCUT2D eigenvalue weighted by atomic mass is 10.2. The summed E-state index contributed by atoms with van der Waals surface area (Å²) in [5, 5.41) is 38.0. The Morgan fingerprint density at radius 2 is 1.17 bits per heavy atom. The van der Waals surface area contributed by atoms with Gasteiger partial charge in [0.25, 0.3) is 0 Å². The first-order valence-electron chi connectivity index (χ1n) is 7.29. The third kappa shape index (κ3) is 4.54. The van der Waals surface area contributed by atoms with Crippen LogP contribution in [0.25, 0.3) is 0 Å². The maximum atomic E-state index is 9.76. The topological polar surface area (TPSA) is 107 Å². The van der Waals surface area contributed by atoms with Crippen molar-refractivity contribution in [2.45, 2.75) is 38.6 Å². The normalized spacial score (nSPS) is 11.0. The summed E-state index contributed by atoms with van der Waals surface area (Å²) in [4.78, 5) is 8.60. The van der Waals surface area contributed by atoms with Gasteiger partial charge in [0.05, 0.1) is 36.0 Å². The minimum atomic E-state index is -0.222. The van der Waals surface area contributed by atoms with E-state index in [2.05, 4.69) is 9.97 Å². The summed E-state index contributed by atoms with van der Waals surface area (Å²) in [6.07, 6.45) is 0. The zero-order valence-corrected chi connectivity index (χ0v) is 15.1. The molecule has 0 fully saturated rings. The molecule has 0 unspecified atom stereocenters. The average molecular weight is 368 g/mol. The van der Waals surface area contributed by atoms with Crippen molar-refractivity contribution in [2.24, 2.45) is 0 Å². The highest BCUT2D eigenvalue weighted by molar-refractivity contribution is 8.76. The van der Waals surface area contributed by atoms with Crippen molar-refractivity contribution in [2.75, 3.05) is 0 Å². The van der Waals surface area contributed by atoms with Crippen LogP contribution in [-0.4, -0.2) is 30.4 Å². The van der Waals surface area contributed by atoms with E-state index in [4.69, 9.17) is 0 Å². The first-order chi connectivity index (χ1) is 11.5. The Bertz CT molecular complexity index is 664. The molecule has 0 aliphatic rings. The van der Waals surface area contributed by atoms with E-state index in [-0.39, 0.29) is 24.7 Å². The van der Waals surface area contributed by atoms with Gasteiger partial charge in [-0.25, -0.2) is 0 Å². The molecule has 0 saturated carbocycles. The molecule has 24 heavy (non-hydrogen) atoms. The van der Waals surface area contributed by atoms with Gasteiger partial charge >= 0.3 is 0 Å². The maximum absolute atomic E-state index is 9.76. The fourth-order valence-electron chi connectivity index (χ4n) is 2.20. The number of nitrogens with zero attached hydrogens (tertiary/aromatic N) is 2. The summed E-state index contributed by atoms with van der Waals surface area (Å²) < 4.78 is 0. The summed E-state index contributed by atoms with van der Waals surface area (Å²) in [7, 11) is 3.17. The Hall–Kier alpha value is -1.48. The van der Waals surface area contributed by atoms with Crippen LogP contribution in [0.3, 0.4) is 0 Å². The van der Waals surface area contributed by atoms with Crippen LogP contribution < -0.4 is 0 Å². The highest BCUT2D eigenvalue weighted by Crippen LogP contribution is 2.31. The van der Waals surface area contributed by atoms with E-state index in [1.165, 1.54) is 0 Å². The molecule has 0 bridgehead atoms. The number of aliphatic hydroxyl groups excluding tert-OH is 2. The third-order valence-electron chi connectivity index (χ3n) is 3.44. The van der Waals surface area contributed by atoms with Crippen LogP contribution in [0.2, 0.25) is 0 Å². The largest absolute Gasteiger partial charge is 0.506 e. The zero-order chi connectivity index (χ0) is 17.7. The summed E-state index contributed by atoms with van der Waals surface area (Å²) in [5.74, 6) is 1.34. The van der Waals surface area contributed by atoms with Gasteiger partial charge in [-0.1, -0.05) is 21.6 Å². The predicted octanol–water partition coefficient (Wildman–Crippen LogP) is 2.57. The fourth-order valence-corrected chi connectivity index (χ4v) is 4.13. The summed E-state index contributed by atoms with van der Waals surface area (Å²) in [6.45, 7) is 2.96. The summed E-state index contributed by atoms with van der Waals surface area (Å²) >= 11 is 0. The molecule has 6 nitrogen and oxygen atoms in total. The highest BCUT2D eigenvalue weighted by atomic mass is 33.1. The summed E-state index contributed by atoms with van der Waals surface area (Å²) in [5.41, 5.74) is 3.55. The van der Waals surface area contributed by atoms with Crippen LogP contribution >= 0.6 is 21.6 Å². The van der Waals surface area contributed by atoms with Gasteiger partial charge in [-0.05, 0) is 26.0 Å². The van der Waals surface area contributed by atoms with Gasteiger partial charge in [0.2, 0.25) is 0 Å². The molecule has 0 saturated heterocycles. The van der Waals surface area contributed by atoms with Crippen molar-refractivity contribution in [3.63, 3.8) is 0 Å². The van der Waals surface area contributed by atoms with Gasteiger partial charge < -0.3 is 20.4 Å². The zero-order valence-electron chi connectivity index (χ0n) is 13.5. The maximum Gasteiger partial charge on any atom is 0.142 e. The standard InChI is InChI=1S/C16H20N2O4S2/c1-9-15(21)11(5-19)3-13(17-9)7-23-24-8-14-4-12(6-20)16(22)10(2)18-14/h3-4,19-22H,5-8H2,1-2H3. The minimum Gasteiger partial charge on any atom is -0.506 e. The van der Waals surface area contributed by atoms with Gasteiger partial charge in [0.1, 0.15) is 11.5 Å². The third-order valence-corrected chi connectivity index (χ3v) is 5.64. The van der Waals surface area contributed by atoms with E-state index in [1.807, 2.05) is 0 Å². The van der Waals surface area contributed by atoms with Gasteiger partial charge in [-0.3, -0.25) is 9.97 Å². The molecule has 0 aliphatic heterocycles. The van der Waals surface area contributed by atoms with Crippen LogP contribution in [0.1, 0.15) is 33.9 Å². The molecule has 2 heterocycles. The molecule has 0 amide bonds. The average Bonchev–Trinajstić information content (AvgIpc) is 2.57. The van der Waals surface area contributed by atoms with Gasteiger partial charge in [-0.15, -0.1) is 0 Å². The Kier molecular flexibility index (Phi) is 6.73. The van der Waals surface area contributed by atoms with E-state index < -0.39 is 0 Å². The van der Waals surface area contributed by atoms with E-state index >= 15 is 0 Å². The molecular formula is C16H20N2O4S2. The quantitative estimate of drug-likeness (QED) is 0.436. The Labute approximate surface area is 148 Å². The smallest absolute Gasteiger partial charge is 0.142 e. The van der Waals surface area contributed by atoms with Crippen molar-refractivity contribution < 1.29 is 20.4 Å². The van der Waals surface area contributed by atoms with Gasteiger partial charge in [0.15, 0.2) is 0 Å². The number of pyridine rings is 2. The molecule has 0 radical (unpaired) electrons. The van der Waals surface area contributed by atoms with Crippen molar-refractivity contribution in [1.29, 1.82) is 0 Å². The van der Waals surface area contributed by atoms with Crippen LogP contribution in [0.4, 0.5) is 0 Å². The summed E-state index contributed by atoms with van der Waals surface area (Å²) in [6, 6.07) is 3.39. The molecule has 0 aliphatic carbocycles. The van der Waals surface area contributed by atoms with E-state index in [1.54, 1.807) is 47.6 Å². The fraction of sp³-hybridized carbons (Fsp3) is 0.375. The molecule has 0 atom stereocenters. The number of hydrogen-bond acceptors (Lipinski definition) is 8. The van der Waals surface area contributed by atoms with Crippen LogP contribution in [0, 0.1) is 13.8 Å². The van der Waals surface area contributed by atoms with Gasteiger partial charge in [0, 0.05) is 22.6 Å². The molecule has 2 aromatic heterocycles. The first kappa shape index (κ1) is 18.9. The molecule has 8 heteroatoms. The predicted molar refractivity (Wildman–Crippen MR) is 95.7 cm³/mol. The number of hydrogen-bond donors (Lipinski definition) is 4. The van der Waals surface area contributed by atoms with E-state index in [0.29, 0.717) is 34.0 Å². The van der Waals surface area contributed by atoms with Crippen LogP contribution in [0.5, 0.6) is 11.5 Å².